The third-order valence-electron chi connectivity index (χ3n) is 2.56. The Kier molecular flexibility index (Phi) is 3.25. The van der Waals surface area contributed by atoms with E-state index in [-0.39, 0.29) is 23.8 Å². The zero-order valence-electron chi connectivity index (χ0n) is 10.2. The van der Waals surface area contributed by atoms with Crippen molar-refractivity contribution >= 4 is 21.8 Å². The molecule has 98 valence electrons. The van der Waals surface area contributed by atoms with Crippen molar-refractivity contribution < 1.29 is 17.9 Å². The second-order valence-corrected chi connectivity index (χ2v) is 5.80. The molecule has 0 unspecified atom stereocenters. The zero-order chi connectivity index (χ0) is 13.3. The molecule has 0 spiro atoms. The molecule has 0 radical (unpaired) electrons. The van der Waals surface area contributed by atoms with E-state index in [4.69, 9.17) is 4.74 Å². The Bertz CT molecular complexity index is 572. The SMILES string of the molecule is CCOC(=O)C1=CC(C)=CN2CCS(=O)(=O)N=C12. The summed E-state index contributed by atoms with van der Waals surface area (Å²) in [7, 11) is -3.48. The number of sulfonamides is 1. The molecule has 0 N–H and O–H groups in total. The van der Waals surface area contributed by atoms with E-state index in [0.29, 0.717) is 6.54 Å². The van der Waals surface area contributed by atoms with Gasteiger partial charge < -0.3 is 9.64 Å². The van der Waals surface area contributed by atoms with Crippen LogP contribution in [0.1, 0.15) is 13.8 Å². The first-order valence-corrected chi connectivity index (χ1v) is 7.21. The number of hydrogen-bond donors (Lipinski definition) is 0. The Labute approximate surface area is 106 Å². The second kappa shape index (κ2) is 4.56. The number of amidine groups is 1. The van der Waals surface area contributed by atoms with Crippen molar-refractivity contribution in [2.24, 2.45) is 4.40 Å². The molecule has 6 nitrogen and oxygen atoms in total. The lowest BCUT2D eigenvalue weighted by molar-refractivity contribution is -0.137. The predicted octanol–water partition coefficient (Wildman–Crippen LogP) is 0.437. The maximum absolute atomic E-state index is 11.8. The number of nitrogens with zero attached hydrogens (tertiary/aromatic N) is 2. The molecule has 7 heteroatoms. The summed E-state index contributed by atoms with van der Waals surface area (Å²) in [6.45, 7) is 4.06. The molecule has 0 aromatic carbocycles. The molecular weight excluding hydrogens is 256 g/mol. The third-order valence-corrected chi connectivity index (χ3v) is 3.71. The summed E-state index contributed by atoms with van der Waals surface area (Å²) in [6, 6.07) is 0. The molecule has 18 heavy (non-hydrogen) atoms. The quantitative estimate of drug-likeness (QED) is 0.680. The van der Waals surface area contributed by atoms with Gasteiger partial charge in [0.05, 0.1) is 12.4 Å². The highest BCUT2D eigenvalue weighted by Gasteiger charge is 2.31. The van der Waals surface area contributed by atoms with Crippen molar-refractivity contribution in [3.63, 3.8) is 0 Å². The molecule has 0 atom stereocenters. The number of fused-ring (bicyclic) bond motifs is 1. The van der Waals surface area contributed by atoms with Crippen LogP contribution in [0.3, 0.4) is 0 Å². The minimum absolute atomic E-state index is 0.0453. The molecule has 0 fully saturated rings. The highest BCUT2D eigenvalue weighted by Crippen LogP contribution is 2.21. The summed E-state index contributed by atoms with van der Waals surface area (Å²) in [5.41, 5.74) is 1.05. The van der Waals surface area contributed by atoms with E-state index in [2.05, 4.69) is 4.40 Å². The van der Waals surface area contributed by atoms with Crippen LogP contribution in [-0.4, -0.2) is 44.0 Å². The second-order valence-electron chi connectivity index (χ2n) is 4.05. The minimum atomic E-state index is -3.48. The van der Waals surface area contributed by atoms with Gasteiger partial charge in [-0.05, 0) is 25.5 Å². The third kappa shape index (κ3) is 2.45. The fourth-order valence-electron chi connectivity index (χ4n) is 1.81. The van der Waals surface area contributed by atoms with Crippen LogP contribution in [0.5, 0.6) is 0 Å². The Morgan fingerprint density at radius 1 is 1.56 bits per heavy atom. The fourth-order valence-corrected chi connectivity index (χ4v) is 2.80. The highest BCUT2D eigenvalue weighted by atomic mass is 32.2. The summed E-state index contributed by atoms with van der Waals surface area (Å²) in [5.74, 6) is -0.438. The minimum Gasteiger partial charge on any atom is -0.462 e. The van der Waals surface area contributed by atoms with Crippen molar-refractivity contribution in [1.29, 1.82) is 0 Å². The van der Waals surface area contributed by atoms with E-state index in [9.17, 15) is 13.2 Å². The first-order chi connectivity index (χ1) is 8.43. The number of allylic oxidation sites excluding steroid dienone is 2. The number of hydrogen-bond acceptors (Lipinski definition) is 5. The van der Waals surface area contributed by atoms with Gasteiger partial charge in [0.1, 0.15) is 5.57 Å². The van der Waals surface area contributed by atoms with Crippen LogP contribution in [0.2, 0.25) is 0 Å². The molecular formula is C11H14N2O4S. The Morgan fingerprint density at radius 2 is 2.28 bits per heavy atom. The molecule has 2 aliphatic rings. The summed E-state index contributed by atoms with van der Waals surface area (Å²) in [6.07, 6.45) is 3.37. The van der Waals surface area contributed by atoms with Gasteiger partial charge in [-0.1, -0.05) is 0 Å². The van der Waals surface area contributed by atoms with Gasteiger partial charge in [-0.2, -0.15) is 0 Å². The van der Waals surface area contributed by atoms with Crippen molar-refractivity contribution in [3.05, 3.63) is 23.4 Å². The number of ether oxygens (including phenoxy) is 1. The Balaban J connectivity index is 2.46. The van der Waals surface area contributed by atoms with Crippen LogP contribution in [0, 0.1) is 0 Å². The lowest BCUT2D eigenvalue weighted by atomic mass is 10.1. The monoisotopic (exact) mass is 270 g/mol. The van der Waals surface area contributed by atoms with Crippen molar-refractivity contribution in [2.75, 3.05) is 18.9 Å². The van der Waals surface area contributed by atoms with E-state index < -0.39 is 16.0 Å². The molecule has 0 aromatic rings. The number of carbonyl (C=O) groups is 1. The lowest BCUT2D eigenvalue weighted by Crippen LogP contribution is -2.40. The Hall–Kier alpha value is -1.63. The topological polar surface area (TPSA) is 76.0 Å². The first-order valence-electron chi connectivity index (χ1n) is 5.60. The van der Waals surface area contributed by atoms with Crippen LogP contribution in [0.4, 0.5) is 0 Å². The number of carbonyl (C=O) groups excluding carboxylic acids is 1. The number of esters is 1. The average molecular weight is 270 g/mol. The van der Waals surface area contributed by atoms with Crippen molar-refractivity contribution in [1.82, 2.24) is 4.90 Å². The molecule has 0 aromatic heterocycles. The normalized spacial score (nSPS) is 21.4. The lowest BCUT2D eigenvalue weighted by Gasteiger charge is -2.29. The van der Waals surface area contributed by atoms with Gasteiger partial charge in [0.15, 0.2) is 5.84 Å². The van der Waals surface area contributed by atoms with Gasteiger partial charge in [-0.15, -0.1) is 4.40 Å². The van der Waals surface area contributed by atoms with Gasteiger partial charge >= 0.3 is 5.97 Å². The van der Waals surface area contributed by atoms with Crippen LogP contribution >= 0.6 is 0 Å². The molecule has 0 saturated heterocycles. The van der Waals surface area contributed by atoms with Crippen LogP contribution in [-0.2, 0) is 19.6 Å². The van der Waals surface area contributed by atoms with Crippen molar-refractivity contribution in [2.45, 2.75) is 13.8 Å². The summed E-state index contributed by atoms with van der Waals surface area (Å²) in [4.78, 5) is 13.5. The Morgan fingerprint density at radius 3 is 2.94 bits per heavy atom. The van der Waals surface area contributed by atoms with E-state index in [0.717, 1.165) is 5.57 Å². The summed E-state index contributed by atoms with van der Waals surface area (Å²) in [5, 5.41) is 0. The molecule has 0 saturated carbocycles. The smallest absolute Gasteiger partial charge is 0.341 e. The maximum atomic E-state index is 11.8. The van der Waals surface area contributed by atoms with Gasteiger partial charge in [-0.3, -0.25) is 0 Å². The first kappa shape index (κ1) is 12.8. The predicted molar refractivity (Wildman–Crippen MR) is 66.4 cm³/mol. The van der Waals surface area contributed by atoms with Gasteiger partial charge in [-0.25, -0.2) is 13.2 Å². The molecule has 2 aliphatic heterocycles. The fraction of sp³-hybridized carbons (Fsp3) is 0.455. The van der Waals surface area contributed by atoms with Crippen LogP contribution < -0.4 is 0 Å². The van der Waals surface area contributed by atoms with E-state index in [1.54, 1.807) is 24.1 Å². The maximum Gasteiger partial charge on any atom is 0.341 e. The van der Waals surface area contributed by atoms with Crippen LogP contribution in [0.15, 0.2) is 27.8 Å². The van der Waals surface area contributed by atoms with E-state index in [1.165, 1.54) is 0 Å². The van der Waals surface area contributed by atoms with Crippen LogP contribution in [0.25, 0.3) is 0 Å². The average Bonchev–Trinajstić information content (AvgIpc) is 2.28. The molecule has 0 amide bonds. The zero-order valence-corrected chi connectivity index (χ0v) is 11.0. The standard InChI is InChI=1S/C11H14N2O4S/c1-3-17-11(14)9-6-8(2)7-13-4-5-18(15,16)12-10(9)13/h6-7H,3-5H2,1-2H3. The summed E-state index contributed by atoms with van der Waals surface area (Å²) >= 11 is 0. The molecule has 2 rings (SSSR count). The molecule has 0 aliphatic carbocycles. The molecule has 2 heterocycles. The largest absolute Gasteiger partial charge is 0.462 e. The van der Waals surface area contributed by atoms with Gasteiger partial charge in [0.2, 0.25) is 0 Å². The van der Waals surface area contributed by atoms with E-state index in [1.807, 2.05) is 6.92 Å². The van der Waals surface area contributed by atoms with E-state index >= 15 is 0 Å². The number of rotatable bonds is 2. The van der Waals surface area contributed by atoms with Crippen molar-refractivity contribution in [3.8, 4) is 0 Å². The molecule has 0 bridgehead atoms. The van der Waals surface area contributed by atoms with Gasteiger partial charge in [0, 0.05) is 12.7 Å². The summed E-state index contributed by atoms with van der Waals surface area (Å²) < 4.78 is 31.6. The van der Waals surface area contributed by atoms with Gasteiger partial charge in [0.25, 0.3) is 10.0 Å². The highest BCUT2D eigenvalue weighted by molar-refractivity contribution is 7.90.